The van der Waals surface area contributed by atoms with E-state index in [0.29, 0.717) is 0 Å². The van der Waals surface area contributed by atoms with E-state index in [-0.39, 0.29) is 0 Å². The Morgan fingerprint density at radius 3 is 2.22 bits per heavy atom. The molecule has 0 unspecified atom stereocenters. The van der Waals surface area contributed by atoms with Crippen LogP contribution in [0.5, 0.6) is 0 Å². The van der Waals surface area contributed by atoms with E-state index in [0.717, 1.165) is 5.92 Å². The maximum atomic E-state index is 3.61. The molecule has 0 heterocycles. The van der Waals surface area contributed by atoms with Crippen molar-refractivity contribution in [3.63, 3.8) is 0 Å². The lowest BCUT2D eigenvalue weighted by molar-refractivity contribution is 0.606. The van der Waals surface area contributed by atoms with Crippen molar-refractivity contribution < 1.29 is 0 Å². The second kappa shape index (κ2) is 5.61. The van der Waals surface area contributed by atoms with Gasteiger partial charge in [0, 0.05) is 0 Å². The van der Waals surface area contributed by atoms with Crippen molar-refractivity contribution in [3.8, 4) is 0 Å². The van der Waals surface area contributed by atoms with Crippen LogP contribution in [0.4, 0.5) is 0 Å². The molecule has 0 aliphatic rings. The van der Waals surface area contributed by atoms with Crippen LogP contribution in [-0.4, -0.2) is 0 Å². The number of rotatable bonds is 4. The molecule has 52 valence electrons. The molecule has 0 N–H and O–H groups in total. The monoisotopic (exact) mass is 124 g/mol. The molecule has 0 bridgehead atoms. The summed E-state index contributed by atoms with van der Waals surface area (Å²) in [5, 5.41) is 0. The maximum absolute atomic E-state index is 3.61. The first kappa shape index (κ1) is 8.48. The highest BCUT2D eigenvalue weighted by molar-refractivity contribution is 4.99. The minimum Gasteiger partial charge on any atom is -0.0991 e. The van der Waals surface area contributed by atoms with Crippen LogP contribution in [0.15, 0.2) is 24.8 Å². The summed E-state index contributed by atoms with van der Waals surface area (Å²) in [7, 11) is 0. The molecule has 0 fully saturated rings. The Bertz CT molecular complexity index is 86.2. The van der Waals surface area contributed by atoms with Gasteiger partial charge in [0.05, 0.1) is 0 Å². The topological polar surface area (TPSA) is 0 Å². The first-order valence-electron chi connectivity index (χ1n) is 3.64. The van der Waals surface area contributed by atoms with Crippen LogP contribution in [0.2, 0.25) is 0 Å². The molecule has 0 spiro atoms. The fraction of sp³-hybridized carbons (Fsp3) is 0.556. The van der Waals surface area contributed by atoms with E-state index in [1.807, 2.05) is 12.2 Å². The number of allylic oxidation sites excluding steroid dienone is 3. The van der Waals surface area contributed by atoms with Crippen LogP contribution in [0.1, 0.15) is 26.7 Å². The SMILES string of the molecule is C=C/C=C\C(CC)CC. The lowest BCUT2D eigenvalue weighted by atomic mass is 10.0. The van der Waals surface area contributed by atoms with Crippen molar-refractivity contribution in [2.75, 3.05) is 0 Å². The first-order valence-corrected chi connectivity index (χ1v) is 3.64. The molecule has 0 aromatic heterocycles. The van der Waals surface area contributed by atoms with E-state index in [9.17, 15) is 0 Å². The van der Waals surface area contributed by atoms with Crippen molar-refractivity contribution in [3.05, 3.63) is 24.8 Å². The van der Waals surface area contributed by atoms with E-state index in [2.05, 4.69) is 26.5 Å². The zero-order chi connectivity index (χ0) is 7.11. The molecule has 0 aromatic rings. The molecular formula is C9H16. The molecule has 0 radical (unpaired) electrons. The van der Waals surface area contributed by atoms with Crippen LogP contribution in [-0.2, 0) is 0 Å². The molecule has 0 saturated heterocycles. The third-order valence-corrected chi connectivity index (χ3v) is 1.57. The van der Waals surface area contributed by atoms with Crippen molar-refractivity contribution >= 4 is 0 Å². The highest BCUT2D eigenvalue weighted by Crippen LogP contribution is 2.08. The number of hydrogen-bond donors (Lipinski definition) is 0. The quantitative estimate of drug-likeness (QED) is 0.505. The maximum Gasteiger partial charge on any atom is -0.0236 e. The van der Waals surface area contributed by atoms with E-state index in [4.69, 9.17) is 0 Å². The second-order valence-corrected chi connectivity index (χ2v) is 2.20. The van der Waals surface area contributed by atoms with E-state index < -0.39 is 0 Å². The Morgan fingerprint density at radius 1 is 1.33 bits per heavy atom. The zero-order valence-corrected chi connectivity index (χ0v) is 6.43. The summed E-state index contributed by atoms with van der Waals surface area (Å²) in [4.78, 5) is 0. The molecule has 9 heavy (non-hydrogen) atoms. The molecular weight excluding hydrogens is 108 g/mol. The molecule has 0 amide bonds. The Kier molecular flexibility index (Phi) is 5.29. The van der Waals surface area contributed by atoms with Gasteiger partial charge in [-0.25, -0.2) is 0 Å². The molecule has 0 atom stereocenters. The highest BCUT2D eigenvalue weighted by atomic mass is 14.0. The summed E-state index contributed by atoms with van der Waals surface area (Å²) in [5.41, 5.74) is 0. The second-order valence-electron chi connectivity index (χ2n) is 2.20. The van der Waals surface area contributed by atoms with Crippen LogP contribution in [0.25, 0.3) is 0 Å². The molecule has 0 aliphatic carbocycles. The summed E-state index contributed by atoms with van der Waals surface area (Å²) < 4.78 is 0. The molecule has 0 saturated carbocycles. The van der Waals surface area contributed by atoms with Gasteiger partial charge in [-0.3, -0.25) is 0 Å². The predicted molar refractivity (Wildman–Crippen MR) is 43.4 cm³/mol. The zero-order valence-electron chi connectivity index (χ0n) is 6.43. The van der Waals surface area contributed by atoms with Gasteiger partial charge in [0.25, 0.3) is 0 Å². The van der Waals surface area contributed by atoms with Gasteiger partial charge in [-0.05, 0) is 18.8 Å². The predicted octanol–water partition coefficient (Wildman–Crippen LogP) is 3.16. The van der Waals surface area contributed by atoms with Gasteiger partial charge < -0.3 is 0 Å². The molecule has 0 rings (SSSR count). The highest BCUT2D eigenvalue weighted by Gasteiger charge is 1.93. The van der Waals surface area contributed by atoms with Crippen LogP contribution in [0.3, 0.4) is 0 Å². The summed E-state index contributed by atoms with van der Waals surface area (Å²) >= 11 is 0. The fourth-order valence-electron chi connectivity index (χ4n) is 0.797. The third-order valence-electron chi connectivity index (χ3n) is 1.57. The molecule has 0 aliphatic heterocycles. The Labute approximate surface area is 58.3 Å². The average molecular weight is 124 g/mol. The van der Waals surface area contributed by atoms with Crippen molar-refractivity contribution in [2.24, 2.45) is 5.92 Å². The Morgan fingerprint density at radius 2 is 1.89 bits per heavy atom. The normalized spacial score (nSPS) is 11.0. The standard InChI is InChI=1S/C9H16/c1-4-7-8-9(5-2)6-3/h4,7-9H,1,5-6H2,2-3H3/b8-7-. The first-order chi connectivity index (χ1) is 4.35. The molecule has 0 heteroatoms. The van der Waals surface area contributed by atoms with Crippen LogP contribution >= 0.6 is 0 Å². The summed E-state index contributed by atoms with van der Waals surface area (Å²) in [6.07, 6.45) is 8.55. The Hall–Kier alpha value is -0.520. The molecule has 0 nitrogen and oxygen atoms in total. The van der Waals surface area contributed by atoms with Crippen molar-refractivity contribution in [2.45, 2.75) is 26.7 Å². The van der Waals surface area contributed by atoms with Gasteiger partial charge in [0.1, 0.15) is 0 Å². The Balaban J connectivity index is 3.53. The average Bonchev–Trinajstić information content (AvgIpc) is 1.91. The smallest absolute Gasteiger partial charge is 0.0236 e. The largest absolute Gasteiger partial charge is 0.0991 e. The van der Waals surface area contributed by atoms with E-state index in [1.165, 1.54) is 12.8 Å². The van der Waals surface area contributed by atoms with Gasteiger partial charge in [-0.2, -0.15) is 0 Å². The lowest BCUT2D eigenvalue weighted by Crippen LogP contribution is -1.89. The van der Waals surface area contributed by atoms with Gasteiger partial charge in [0.15, 0.2) is 0 Å². The van der Waals surface area contributed by atoms with E-state index in [1.54, 1.807) is 0 Å². The third kappa shape index (κ3) is 4.01. The van der Waals surface area contributed by atoms with Crippen LogP contribution < -0.4 is 0 Å². The summed E-state index contributed by atoms with van der Waals surface area (Å²) in [6, 6.07) is 0. The van der Waals surface area contributed by atoms with Gasteiger partial charge in [-0.15, -0.1) is 0 Å². The van der Waals surface area contributed by atoms with Crippen molar-refractivity contribution in [1.29, 1.82) is 0 Å². The number of hydrogen-bond acceptors (Lipinski definition) is 0. The molecule has 0 aromatic carbocycles. The fourth-order valence-corrected chi connectivity index (χ4v) is 0.797. The van der Waals surface area contributed by atoms with Crippen molar-refractivity contribution in [1.82, 2.24) is 0 Å². The summed E-state index contributed by atoms with van der Waals surface area (Å²) in [5.74, 6) is 0.753. The lowest BCUT2D eigenvalue weighted by Gasteiger charge is -2.02. The van der Waals surface area contributed by atoms with E-state index >= 15 is 0 Å². The van der Waals surface area contributed by atoms with Gasteiger partial charge >= 0.3 is 0 Å². The minimum absolute atomic E-state index is 0.753. The van der Waals surface area contributed by atoms with Gasteiger partial charge in [0.2, 0.25) is 0 Å². The summed E-state index contributed by atoms with van der Waals surface area (Å²) in [6.45, 7) is 8.03. The minimum atomic E-state index is 0.753. The van der Waals surface area contributed by atoms with Crippen LogP contribution in [0, 0.1) is 5.92 Å². The van der Waals surface area contributed by atoms with Gasteiger partial charge in [-0.1, -0.05) is 38.7 Å².